The third-order valence-corrected chi connectivity index (χ3v) is 1.07. The Morgan fingerprint density at radius 1 is 1.30 bits per heavy atom. The molecule has 0 unspecified atom stereocenters. The average molecular weight is 145 g/mol. The van der Waals surface area contributed by atoms with Crippen molar-refractivity contribution in [2.45, 2.75) is 12.8 Å². The van der Waals surface area contributed by atoms with Gasteiger partial charge in [0, 0.05) is 19.5 Å². The lowest BCUT2D eigenvalue weighted by atomic mass is 10.4. The molecule has 0 saturated carbocycles. The number of rotatable bonds is 5. The first-order valence-corrected chi connectivity index (χ1v) is 3.48. The van der Waals surface area contributed by atoms with Gasteiger partial charge in [-0.1, -0.05) is 0 Å². The van der Waals surface area contributed by atoms with E-state index in [2.05, 4.69) is 5.32 Å². The van der Waals surface area contributed by atoms with Gasteiger partial charge in [-0.2, -0.15) is 0 Å². The fraction of sp³-hybridized carbons (Fsp3) is 0.833. The van der Waals surface area contributed by atoms with Crippen LogP contribution >= 0.6 is 0 Å². The molecule has 10 heavy (non-hydrogen) atoms. The Hall–Kier alpha value is -0.610. The summed E-state index contributed by atoms with van der Waals surface area (Å²) in [4.78, 5) is 10.7. The van der Waals surface area contributed by atoms with Gasteiger partial charge in [-0.25, -0.2) is 0 Å². The lowest BCUT2D eigenvalue weighted by molar-refractivity contribution is -0.120. The lowest BCUT2D eigenvalue weighted by Gasteiger charge is -2.00. The van der Waals surface area contributed by atoms with Crippen LogP contribution < -0.4 is 16.8 Å². The van der Waals surface area contributed by atoms with Crippen LogP contribution in [0, 0.1) is 0 Å². The molecule has 0 aromatic rings. The zero-order valence-electron chi connectivity index (χ0n) is 6.10. The zero-order valence-corrected chi connectivity index (χ0v) is 6.10. The van der Waals surface area contributed by atoms with Crippen molar-refractivity contribution in [3.63, 3.8) is 0 Å². The SMILES string of the molecule is NCCCNC(=O)CCN. The molecular formula is C6H15N3O. The highest BCUT2D eigenvalue weighted by molar-refractivity contribution is 5.75. The molecule has 0 saturated heterocycles. The molecule has 0 aliphatic heterocycles. The highest BCUT2D eigenvalue weighted by atomic mass is 16.1. The molecule has 0 fully saturated rings. The second kappa shape index (κ2) is 6.51. The molecule has 0 aromatic heterocycles. The maximum atomic E-state index is 10.7. The van der Waals surface area contributed by atoms with E-state index in [1.54, 1.807) is 0 Å². The van der Waals surface area contributed by atoms with Crippen molar-refractivity contribution in [3.05, 3.63) is 0 Å². The van der Waals surface area contributed by atoms with Crippen LogP contribution in [0.2, 0.25) is 0 Å². The van der Waals surface area contributed by atoms with Crippen LogP contribution in [0.3, 0.4) is 0 Å². The average Bonchev–Trinajstić information content (AvgIpc) is 1.89. The van der Waals surface area contributed by atoms with Crippen molar-refractivity contribution >= 4 is 5.91 Å². The molecule has 0 rings (SSSR count). The number of carbonyl (C=O) groups is 1. The third kappa shape index (κ3) is 5.53. The first-order valence-electron chi connectivity index (χ1n) is 3.48. The molecule has 5 N–H and O–H groups in total. The van der Waals surface area contributed by atoms with Crippen LogP contribution in [-0.2, 0) is 4.79 Å². The number of nitrogens with one attached hydrogen (secondary N) is 1. The van der Waals surface area contributed by atoms with E-state index in [0.29, 0.717) is 26.1 Å². The van der Waals surface area contributed by atoms with Gasteiger partial charge in [0.1, 0.15) is 0 Å². The Morgan fingerprint density at radius 3 is 2.50 bits per heavy atom. The molecule has 0 bridgehead atoms. The van der Waals surface area contributed by atoms with E-state index in [1.807, 2.05) is 0 Å². The molecular weight excluding hydrogens is 130 g/mol. The van der Waals surface area contributed by atoms with Gasteiger partial charge in [0.15, 0.2) is 0 Å². The highest BCUT2D eigenvalue weighted by Crippen LogP contribution is 1.75. The van der Waals surface area contributed by atoms with Gasteiger partial charge in [0.2, 0.25) is 5.91 Å². The minimum Gasteiger partial charge on any atom is -0.356 e. The molecule has 1 amide bonds. The zero-order chi connectivity index (χ0) is 7.82. The summed E-state index contributed by atoms with van der Waals surface area (Å²) in [6.45, 7) is 1.69. The Labute approximate surface area is 61.0 Å². The summed E-state index contributed by atoms with van der Waals surface area (Å²) in [5.74, 6) is 0.0101. The van der Waals surface area contributed by atoms with E-state index in [0.717, 1.165) is 6.42 Å². The van der Waals surface area contributed by atoms with Gasteiger partial charge in [-0.05, 0) is 13.0 Å². The van der Waals surface area contributed by atoms with Crippen LogP contribution in [0.4, 0.5) is 0 Å². The Balaban J connectivity index is 3.05. The fourth-order valence-corrected chi connectivity index (χ4v) is 0.549. The molecule has 0 atom stereocenters. The van der Waals surface area contributed by atoms with Crippen LogP contribution in [0.1, 0.15) is 12.8 Å². The first kappa shape index (κ1) is 9.39. The van der Waals surface area contributed by atoms with Crippen molar-refractivity contribution in [2.75, 3.05) is 19.6 Å². The fourth-order valence-electron chi connectivity index (χ4n) is 0.549. The van der Waals surface area contributed by atoms with E-state index in [9.17, 15) is 4.79 Å². The number of nitrogens with two attached hydrogens (primary N) is 2. The second-order valence-electron chi connectivity index (χ2n) is 2.03. The minimum atomic E-state index is 0.0101. The summed E-state index contributed by atoms with van der Waals surface area (Å²) in [5.41, 5.74) is 10.4. The van der Waals surface area contributed by atoms with Crippen molar-refractivity contribution in [1.29, 1.82) is 0 Å². The third-order valence-electron chi connectivity index (χ3n) is 1.07. The largest absolute Gasteiger partial charge is 0.356 e. The molecule has 0 heterocycles. The van der Waals surface area contributed by atoms with Crippen LogP contribution in [0.25, 0.3) is 0 Å². The molecule has 4 heteroatoms. The predicted molar refractivity (Wildman–Crippen MR) is 40.4 cm³/mol. The van der Waals surface area contributed by atoms with Gasteiger partial charge >= 0.3 is 0 Å². The normalized spacial score (nSPS) is 9.40. The maximum Gasteiger partial charge on any atom is 0.221 e. The molecule has 0 aliphatic rings. The maximum absolute atomic E-state index is 10.7. The van der Waals surface area contributed by atoms with Crippen molar-refractivity contribution in [2.24, 2.45) is 11.5 Å². The molecule has 4 nitrogen and oxygen atoms in total. The summed E-state index contributed by atoms with van der Waals surface area (Å²) in [6.07, 6.45) is 1.24. The van der Waals surface area contributed by atoms with E-state index < -0.39 is 0 Å². The number of hydrogen-bond acceptors (Lipinski definition) is 3. The van der Waals surface area contributed by atoms with Crippen molar-refractivity contribution in [1.82, 2.24) is 5.32 Å². The Morgan fingerprint density at radius 2 is 2.00 bits per heavy atom. The van der Waals surface area contributed by atoms with E-state index in [4.69, 9.17) is 11.5 Å². The Kier molecular flexibility index (Phi) is 6.11. The molecule has 60 valence electrons. The van der Waals surface area contributed by atoms with Gasteiger partial charge in [0.05, 0.1) is 0 Å². The summed E-state index contributed by atoms with van der Waals surface area (Å²) in [6, 6.07) is 0. The standard InChI is InChI=1S/C6H15N3O/c7-3-1-5-9-6(10)2-4-8/h1-5,7-8H2,(H,9,10). The number of amides is 1. The van der Waals surface area contributed by atoms with Gasteiger partial charge in [0.25, 0.3) is 0 Å². The van der Waals surface area contributed by atoms with Crippen LogP contribution in [0.5, 0.6) is 0 Å². The highest BCUT2D eigenvalue weighted by Gasteiger charge is 1.95. The van der Waals surface area contributed by atoms with Gasteiger partial charge in [-0.15, -0.1) is 0 Å². The quantitative estimate of drug-likeness (QED) is 0.425. The van der Waals surface area contributed by atoms with Gasteiger partial charge < -0.3 is 16.8 Å². The smallest absolute Gasteiger partial charge is 0.221 e. The number of hydrogen-bond donors (Lipinski definition) is 3. The van der Waals surface area contributed by atoms with Crippen LogP contribution in [0.15, 0.2) is 0 Å². The predicted octanol–water partition coefficient (Wildman–Crippen LogP) is -1.20. The van der Waals surface area contributed by atoms with Crippen molar-refractivity contribution < 1.29 is 4.79 Å². The number of carbonyl (C=O) groups excluding carboxylic acids is 1. The van der Waals surface area contributed by atoms with E-state index >= 15 is 0 Å². The lowest BCUT2D eigenvalue weighted by Crippen LogP contribution is -2.27. The molecule has 0 aliphatic carbocycles. The first-order chi connectivity index (χ1) is 4.81. The summed E-state index contributed by atoms with van der Waals surface area (Å²) in [5, 5.41) is 2.69. The monoisotopic (exact) mass is 145 g/mol. The van der Waals surface area contributed by atoms with Crippen molar-refractivity contribution in [3.8, 4) is 0 Å². The van der Waals surface area contributed by atoms with E-state index in [1.165, 1.54) is 0 Å². The summed E-state index contributed by atoms with van der Waals surface area (Å²) in [7, 11) is 0. The van der Waals surface area contributed by atoms with E-state index in [-0.39, 0.29) is 5.91 Å². The molecule has 0 spiro atoms. The molecule has 0 aromatic carbocycles. The topological polar surface area (TPSA) is 81.1 Å². The molecule has 0 radical (unpaired) electrons. The Bertz CT molecular complexity index is 95.0. The van der Waals surface area contributed by atoms with Gasteiger partial charge in [-0.3, -0.25) is 4.79 Å². The second-order valence-corrected chi connectivity index (χ2v) is 2.03. The summed E-state index contributed by atoms with van der Waals surface area (Å²) >= 11 is 0. The summed E-state index contributed by atoms with van der Waals surface area (Å²) < 4.78 is 0. The minimum absolute atomic E-state index is 0.0101. The van der Waals surface area contributed by atoms with Crippen LogP contribution in [-0.4, -0.2) is 25.5 Å².